The first-order chi connectivity index (χ1) is 8.98. The van der Waals surface area contributed by atoms with Crippen LogP contribution in [0, 0.1) is 0 Å². The van der Waals surface area contributed by atoms with Crippen LogP contribution in [0.15, 0.2) is 66.0 Å². The lowest BCUT2D eigenvalue weighted by Crippen LogP contribution is -2.27. The van der Waals surface area contributed by atoms with Crippen LogP contribution in [0.2, 0.25) is 0 Å². The molecule has 0 heterocycles. The first kappa shape index (κ1) is 13.3. The SMILES string of the molecule is O=C(/C=C/C1=C(O)CC(O)(O)C=C1)c1ccccc1. The molecule has 0 aromatic heterocycles. The molecule has 0 atom stereocenters. The number of aliphatic hydroxyl groups excluding tert-OH is 1. The molecule has 0 amide bonds. The monoisotopic (exact) mass is 258 g/mol. The molecule has 0 radical (unpaired) electrons. The second-order valence-corrected chi connectivity index (χ2v) is 4.35. The molecule has 3 N–H and O–H groups in total. The zero-order chi connectivity index (χ0) is 13.9. The van der Waals surface area contributed by atoms with E-state index in [1.54, 1.807) is 24.3 Å². The Morgan fingerprint density at radius 1 is 1.21 bits per heavy atom. The van der Waals surface area contributed by atoms with Gasteiger partial charge in [-0.3, -0.25) is 4.79 Å². The van der Waals surface area contributed by atoms with Crippen LogP contribution in [0.1, 0.15) is 16.8 Å². The number of carbonyl (C=O) groups is 1. The van der Waals surface area contributed by atoms with Gasteiger partial charge in [0.2, 0.25) is 0 Å². The number of hydrogen-bond donors (Lipinski definition) is 3. The van der Waals surface area contributed by atoms with Crippen molar-refractivity contribution in [1.29, 1.82) is 0 Å². The number of hydrogen-bond acceptors (Lipinski definition) is 4. The lowest BCUT2D eigenvalue weighted by molar-refractivity contribution is -0.122. The molecular weight excluding hydrogens is 244 g/mol. The van der Waals surface area contributed by atoms with Crippen LogP contribution >= 0.6 is 0 Å². The highest BCUT2D eigenvalue weighted by molar-refractivity contribution is 6.04. The first-order valence-corrected chi connectivity index (χ1v) is 5.81. The van der Waals surface area contributed by atoms with Gasteiger partial charge in [0.25, 0.3) is 0 Å². The maximum absolute atomic E-state index is 11.8. The number of aliphatic hydroxyl groups is 3. The van der Waals surface area contributed by atoms with E-state index in [9.17, 15) is 20.1 Å². The summed E-state index contributed by atoms with van der Waals surface area (Å²) in [5.41, 5.74) is 0.945. The highest BCUT2D eigenvalue weighted by Gasteiger charge is 2.25. The molecule has 1 aromatic rings. The molecule has 0 spiro atoms. The minimum absolute atomic E-state index is 0.162. The predicted octanol–water partition coefficient (Wildman–Crippen LogP) is 1.88. The molecule has 0 fully saturated rings. The van der Waals surface area contributed by atoms with Gasteiger partial charge in [0.05, 0.1) is 6.42 Å². The predicted molar refractivity (Wildman–Crippen MR) is 70.5 cm³/mol. The fourth-order valence-corrected chi connectivity index (χ4v) is 1.74. The summed E-state index contributed by atoms with van der Waals surface area (Å²) in [7, 11) is 0. The fraction of sp³-hybridized carbons (Fsp3) is 0.133. The molecule has 4 heteroatoms. The van der Waals surface area contributed by atoms with E-state index in [1.807, 2.05) is 6.07 Å². The van der Waals surface area contributed by atoms with E-state index < -0.39 is 5.79 Å². The lowest BCUT2D eigenvalue weighted by atomic mass is 9.99. The van der Waals surface area contributed by atoms with Gasteiger partial charge in [-0.05, 0) is 18.2 Å². The standard InChI is InChI=1S/C15H14O4/c16-13(11-4-2-1-3-5-11)7-6-12-8-9-15(18,19)10-14(12)17/h1-9,17-19H,10H2/b7-6+. The van der Waals surface area contributed by atoms with Gasteiger partial charge in [-0.25, -0.2) is 0 Å². The van der Waals surface area contributed by atoms with Crippen LogP contribution in [0.25, 0.3) is 0 Å². The Bertz CT molecular complexity index is 565. The van der Waals surface area contributed by atoms with E-state index in [2.05, 4.69) is 0 Å². The summed E-state index contributed by atoms with van der Waals surface area (Å²) in [5, 5.41) is 28.2. The van der Waals surface area contributed by atoms with Crippen molar-refractivity contribution in [3.05, 3.63) is 71.5 Å². The third kappa shape index (κ3) is 3.40. The Balaban J connectivity index is 2.12. The molecule has 19 heavy (non-hydrogen) atoms. The first-order valence-electron chi connectivity index (χ1n) is 5.81. The van der Waals surface area contributed by atoms with Crippen LogP contribution in [0.4, 0.5) is 0 Å². The third-order valence-corrected chi connectivity index (χ3v) is 2.76. The minimum Gasteiger partial charge on any atom is -0.511 e. The van der Waals surface area contributed by atoms with Crippen molar-refractivity contribution >= 4 is 5.78 Å². The summed E-state index contributed by atoms with van der Waals surface area (Å²) in [4.78, 5) is 11.8. The molecule has 1 aromatic carbocycles. The van der Waals surface area contributed by atoms with Gasteiger partial charge in [0.1, 0.15) is 5.76 Å². The Kier molecular flexibility index (Phi) is 3.64. The van der Waals surface area contributed by atoms with Gasteiger partial charge in [0, 0.05) is 11.1 Å². The summed E-state index contributed by atoms with van der Waals surface area (Å²) in [6.07, 6.45) is 5.04. The van der Waals surface area contributed by atoms with Gasteiger partial charge in [-0.1, -0.05) is 36.4 Å². The number of benzene rings is 1. The van der Waals surface area contributed by atoms with Crippen molar-refractivity contribution in [3.63, 3.8) is 0 Å². The van der Waals surface area contributed by atoms with Crippen molar-refractivity contribution in [1.82, 2.24) is 0 Å². The normalized spacial score (nSPS) is 18.0. The van der Waals surface area contributed by atoms with Gasteiger partial charge >= 0.3 is 0 Å². The number of carbonyl (C=O) groups excluding carboxylic acids is 1. The van der Waals surface area contributed by atoms with Gasteiger partial charge in [-0.2, -0.15) is 0 Å². The van der Waals surface area contributed by atoms with Crippen LogP contribution in [0.3, 0.4) is 0 Å². The van der Waals surface area contributed by atoms with E-state index in [1.165, 1.54) is 24.3 Å². The second-order valence-electron chi connectivity index (χ2n) is 4.35. The smallest absolute Gasteiger partial charge is 0.190 e. The molecule has 0 aliphatic heterocycles. The van der Waals surface area contributed by atoms with Gasteiger partial charge in [-0.15, -0.1) is 0 Å². The molecule has 4 nitrogen and oxygen atoms in total. The molecule has 98 valence electrons. The Labute approximate surface area is 110 Å². The molecular formula is C15H14O4. The average molecular weight is 258 g/mol. The average Bonchev–Trinajstić information content (AvgIpc) is 2.37. The molecule has 2 rings (SSSR count). The van der Waals surface area contributed by atoms with E-state index in [4.69, 9.17) is 0 Å². The lowest BCUT2D eigenvalue weighted by Gasteiger charge is -2.21. The van der Waals surface area contributed by atoms with E-state index in [0.29, 0.717) is 11.1 Å². The molecule has 1 aliphatic rings. The number of ketones is 1. The highest BCUT2D eigenvalue weighted by atomic mass is 16.5. The van der Waals surface area contributed by atoms with Crippen molar-refractivity contribution in [2.45, 2.75) is 12.2 Å². The number of allylic oxidation sites excluding steroid dienone is 4. The molecule has 0 unspecified atom stereocenters. The van der Waals surface area contributed by atoms with E-state index >= 15 is 0 Å². The molecule has 0 saturated carbocycles. The quantitative estimate of drug-likeness (QED) is 0.439. The van der Waals surface area contributed by atoms with Gasteiger partial charge in [0.15, 0.2) is 11.6 Å². The maximum Gasteiger partial charge on any atom is 0.190 e. The van der Waals surface area contributed by atoms with Crippen molar-refractivity contribution < 1.29 is 20.1 Å². The van der Waals surface area contributed by atoms with Crippen LogP contribution in [-0.4, -0.2) is 26.9 Å². The summed E-state index contributed by atoms with van der Waals surface area (Å²) in [6.45, 7) is 0. The largest absolute Gasteiger partial charge is 0.511 e. The van der Waals surface area contributed by atoms with E-state index in [0.717, 1.165) is 0 Å². The molecule has 0 bridgehead atoms. The molecule has 1 aliphatic carbocycles. The van der Waals surface area contributed by atoms with Crippen molar-refractivity contribution in [2.24, 2.45) is 0 Å². The Hall–Kier alpha value is -2.17. The highest BCUT2D eigenvalue weighted by Crippen LogP contribution is 2.24. The summed E-state index contributed by atoms with van der Waals surface area (Å²) >= 11 is 0. The third-order valence-electron chi connectivity index (χ3n) is 2.76. The second kappa shape index (κ2) is 5.22. The zero-order valence-corrected chi connectivity index (χ0v) is 10.2. The van der Waals surface area contributed by atoms with Crippen LogP contribution in [-0.2, 0) is 0 Å². The van der Waals surface area contributed by atoms with E-state index in [-0.39, 0.29) is 18.0 Å². The Morgan fingerprint density at radius 2 is 1.89 bits per heavy atom. The minimum atomic E-state index is -2.02. The Morgan fingerprint density at radius 3 is 2.53 bits per heavy atom. The summed E-state index contributed by atoms with van der Waals surface area (Å²) in [6, 6.07) is 8.75. The fourth-order valence-electron chi connectivity index (χ4n) is 1.74. The van der Waals surface area contributed by atoms with Crippen LogP contribution in [0.5, 0.6) is 0 Å². The maximum atomic E-state index is 11.8. The summed E-state index contributed by atoms with van der Waals surface area (Å²) < 4.78 is 0. The summed E-state index contributed by atoms with van der Waals surface area (Å²) in [5.74, 6) is -2.37. The van der Waals surface area contributed by atoms with Crippen molar-refractivity contribution in [3.8, 4) is 0 Å². The van der Waals surface area contributed by atoms with Gasteiger partial charge < -0.3 is 15.3 Å². The molecule has 0 saturated heterocycles. The topological polar surface area (TPSA) is 77.8 Å². The number of rotatable bonds is 3. The van der Waals surface area contributed by atoms with Crippen LogP contribution < -0.4 is 0 Å². The zero-order valence-electron chi connectivity index (χ0n) is 10.2. The van der Waals surface area contributed by atoms with Crippen molar-refractivity contribution in [2.75, 3.05) is 0 Å².